The largest absolute Gasteiger partial charge is 0.452 e. The van der Waals surface area contributed by atoms with Crippen LogP contribution in [0.4, 0.5) is 10.1 Å². The molecule has 2 rings (SSSR count). The first kappa shape index (κ1) is 15.2. The van der Waals surface area contributed by atoms with Gasteiger partial charge in [-0.1, -0.05) is 0 Å². The Hall–Kier alpha value is -2.15. The highest BCUT2D eigenvalue weighted by atomic mass is 19.1. The van der Waals surface area contributed by atoms with Crippen molar-refractivity contribution in [3.05, 3.63) is 29.1 Å². The molecule has 1 amide bonds. The summed E-state index contributed by atoms with van der Waals surface area (Å²) in [7, 11) is 0. The van der Waals surface area contributed by atoms with Gasteiger partial charge in [0.1, 0.15) is 5.82 Å². The van der Waals surface area contributed by atoms with Crippen LogP contribution in [0.2, 0.25) is 0 Å². The number of amides is 1. The van der Waals surface area contributed by atoms with E-state index in [1.54, 1.807) is 0 Å². The van der Waals surface area contributed by atoms with Crippen LogP contribution in [0.5, 0.6) is 0 Å². The van der Waals surface area contributed by atoms with Gasteiger partial charge in [-0.2, -0.15) is 0 Å². The lowest BCUT2D eigenvalue weighted by Crippen LogP contribution is -2.42. The minimum Gasteiger partial charge on any atom is -0.452 e. The highest BCUT2D eigenvalue weighted by Gasteiger charge is 2.21. The molecular formula is C14H17FN2O4. The molecule has 2 N–H and O–H groups in total. The van der Waals surface area contributed by atoms with Crippen LogP contribution in [0.15, 0.2) is 12.1 Å². The van der Waals surface area contributed by atoms with Gasteiger partial charge < -0.3 is 20.1 Å². The third kappa shape index (κ3) is 3.69. The van der Waals surface area contributed by atoms with Crippen LogP contribution in [0.3, 0.4) is 0 Å². The molecule has 0 aliphatic carbocycles. The molecule has 6 nitrogen and oxygen atoms in total. The van der Waals surface area contributed by atoms with Crippen molar-refractivity contribution in [1.82, 2.24) is 4.90 Å². The molecule has 0 spiro atoms. The van der Waals surface area contributed by atoms with E-state index in [4.69, 9.17) is 15.2 Å². The van der Waals surface area contributed by atoms with E-state index in [-0.39, 0.29) is 22.7 Å². The van der Waals surface area contributed by atoms with Crippen molar-refractivity contribution >= 4 is 17.6 Å². The number of halogens is 1. The fourth-order valence-electron chi connectivity index (χ4n) is 2.06. The van der Waals surface area contributed by atoms with Crippen molar-refractivity contribution in [2.24, 2.45) is 0 Å². The van der Waals surface area contributed by atoms with Gasteiger partial charge in [0.05, 0.1) is 18.8 Å². The molecule has 1 aliphatic rings. The number of hydrogen-bond donors (Lipinski definition) is 1. The highest BCUT2D eigenvalue weighted by molar-refractivity contribution is 5.92. The first-order valence-corrected chi connectivity index (χ1v) is 6.57. The molecular weight excluding hydrogens is 279 g/mol. The average Bonchev–Trinajstić information content (AvgIpc) is 2.49. The fraction of sp³-hybridized carbons (Fsp3) is 0.429. The molecule has 0 aromatic heterocycles. The lowest BCUT2D eigenvalue weighted by Gasteiger charge is -2.26. The number of carbonyl (C=O) groups is 2. The van der Waals surface area contributed by atoms with Gasteiger partial charge >= 0.3 is 5.97 Å². The predicted molar refractivity (Wildman–Crippen MR) is 73.2 cm³/mol. The Morgan fingerprint density at radius 3 is 2.71 bits per heavy atom. The quantitative estimate of drug-likeness (QED) is 0.657. The van der Waals surface area contributed by atoms with Crippen molar-refractivity contribution in [3.63, 3.8) is 0 Å². The topological polar surface area (TPSA) is 81.9 Å². The van der Waals surface area contributed by atoms with Gasteiger partial charge in [-0.05, 0) is 24.6 Å². The summed E-state index contributed by atoms with van der Waals surface area (Å²) in [5, 5.41) is 0. The van der Waals surface area contributed by atoms with Crippen molar-refractivity contribution in [1.29, 1.82) is 0 Å². The van der Waals surface area contributed by atoms with Crippen LogP contribution in [-0.4, -0.2) is 49.7 Å². The third-order valence-electron chi connectivity index (χ3n) is 3.19. The maximum absolute atomic E-state index is 13.8. The van der Waals surface area contributed by atoms with Gasteiger partial charge in [0.15, 0.2) is 6.61 Å². The molecule has 7 heteroatoms. The zero-order valence-corrected chi connectivity index (χ0v) is 11.7. The van der Waals surface area contributed by atoms with E-state index < -0.39 is 18.4 Å². The maximum atomic E-state index is 13.8. The average molecular weight is 296 g/mol. The first-order valence-electron chi connectivity index (χ1n) is 6.57. The molecule has 1 aromatic carbocycles. The number of morpholine rings is 1. The van der Waals surface area contributed by atoms with Gasteiger partial charge in [-0.3, -0.25) is 4.79 Å². The molecule has 0 unspecified atom stereocenters. The number of benzene rings is 1. The third-order valence-corrected chi connectivity index (χ3v) is 3.19. The van der Waals surface area contributed by atoms with E-state index in [1.807, 2.05) is 0 Å². The van der Waals surface area contributed by atoms with Crippen LogP contribution in [0.25, 0.3) is 0 Å². The number of nitrogens with two attached hydrogens (primary N) is 1. The van der Waals surface area contributed by atoms with Crippen molar-refractivity contribution in [2.75, 3.05) is 38.6 Å². The van der Waals surface area contributed by atoms with Crippen LogP contribution >= 0.6 is 0 Å². The Morgan fingerprint density at radius 2 is 2.05 bits per heavy atom. The van der Waals surface area contributed by atoms with Gasteiger partial charge in [-0.15, -0.1) is 0 Å². The van der Waals surface area contributed by atoms with Crippen LogP contribution in [0, 0.1) is 12.7 Å². The zero-order chi connectivity index (χ0) is 15.4. The van der Waals surface area contributed by atoms with Crippen LogP contribution < -0.4 is 5.73 Å². The van der Waals surface area contributed by atoms with Crippen LogP contribution in [-0.2, 0) is 14.3 Å². The summed E-state index contributed by atoms with van der Waals surface area (Å²) < 4.78 is 23.8. The summed E-state index contributed by atoms with van der Waals surface area (Å²) in [6.45, 7) is 2.92. The number of rotatable bonds is 3. The number of carbonyl (C=O) groups excluding carboxylic acids is 2. The fourth-order valence-corrected chi connectivity index (χ4v) is 2.06. The van der Waals surface area contributed by atoms with E-state index >= 15 is 0 Å². The second-order valence-electron chi connectivity index (χ2n) is 4.77. The maximum Gasteiger partial charge on any atom is 0.341 e. The molecule has 1 aliphatic heterocycles. The molecule has 21 heavy (non-hydrogen) atoms. The Morgan fingerprint density at radius 1 is 1.38 bits per heavy atom. The number of nitrogen functional groups attached to an aromatic ring is 1. The lowest BCUT2D eigenvalue weighted by atomic mass is 10.1. The SMILES string of the molecule is Cc1cc(N)cc(C(=O)OCC(=O)N2CCOCC2)c1F. The second kappa shape index (κ2) is 6.53. The monoisotopic (exact) mass is 296 g/mol. The van der Waals surface area contributed by atoms with E-state index in [0.717, 1.165) is 0 Å². The summed E-state index contributed by atoms with van der Waals surface area (Å²) in [6, 6.07) is 2.62. The lowest BCUT2D eigenvalue weighted by molar-refractivity contribution is -0.138. The summed E-state index contributed by atoms with van der Waals surface area (Å²) in [5.41, 5.74) is 5.83. The van der Waals surface area contributed by atoms with Gasteiger partial charge in [0.2, 0.25) is 0 Å². The molecule has 114 valence electrons. The van der Waals surface area contributed by atoms with Gasteiger partial charge in [0.25, 0.3) is 5.91 Å². The molecule has 1 fully saturated rings. The van der Waals surface area contributed by atoms with Crippen LogP contribution in [0.1, 0.15) is 15.9 Å². The second-order valence-corrected chi connectivity index (χ2v) is 4.77. The van der Waals surface area contributed by atoms with E-state index in [0.29, 0.717) is 26.3 Å². The zero-order valence-electron chi connectivity index (χ0n) is 11.7. The number of hydrogen-bond acceptors (Lipinski definition) is 5. The normalized spacial score (nSPS) is 14.9. The molecule has 1 aromatic rings. The van der Waals surface area contributed by atoms with Crippen molar-refractivity contribution in [3.8, 4) is 0 Å². The minimum absolute atomic E-state index is 0.251. The van der Waals surface area contributed by atoms with Gasteiger partial charge in [0, 0.05) is 18.8 Å². The smallest absolute Gasteiger partial charge is 0.341 e. The molecule has 0 atom stereocenters. The minimum atomic E-state index is -0.899. The molecule has 0 radical (unpaired) electrons. The van der Waals surface area contributed by atoms with Crippen molar-refractivity contribution < 1.29 is 23.5 Å². The van der Waals surface area contributed by atoms with E-state index in [9.17, 15) is 14.0 Å². The Labute approximate surface area is 121 Å². The molecule has 0 bridgehead atoms. The summed E-state index contributed by atoms with van der Waals surface area (Å²) in [5.74, 6) is -1.91. The summed E-state index contributed by atoms with van der Waals surface area (Å²) in [4.78, 5) is 25.2. The Bertz CT molecular complexity index is 556. The predicted octanol–water partition coefficient (Wildman–Crippen LogP) is 0.732. The number of aryl methyl sites for hydroxylation is 1. The van der Waals surface area contributed by atoms with Gasteiger partial charge in [-0.25, -0.2) is 9.18 Å². The number of esters is 1. The molecule has 1 saturated heterocycles. The summed E-state index contributed by atoms with van der Waals surface area (Å²) >= 11 is 0. The number of anilines is 1. The Kier molecular flexibility index (Phi) is 4.74. The van der Waals surface area contributed by atoms with Crippen molar-refractivity contribution in [2.45, 2.75) is 6.92 Å². The van der Waals surface area contributed by atoms with E-state index in [1.165, 1.54) is 24.0 Å². The Balaban J connectivity index is 1.97. The van der Waals surface area contributed by atoms with E-state index in [2.05, 4.69) is 0 Å². The highest BCUT2D eigenvalue weighted by Crippen LogP contribution is 2.18. The number of nitrogens with zero attached hydrogens (tertiary/aromatic N) is 1. The molecule has 0 saturated carbocycles. The summed E-state index contributed by atoms with van der Waals surface area (Å²) in [6.07, 6.45) is 0. The number of ether oxygens (including phenoxy) is 2. The standard InChI is InChI=1S/C14H17FN2O4/c1-9-6-10(16)7-11(13(9)15)14(19)21-8-12(18)17-2-4-20-5-3-17/h6-7H,2-5,8,16H2,1H3. The first-order chi connectivity index (χ1) is 9.99. The molecule has 1 heterocycles.